The normalized spacial score (nSPS) is 11.0. The summed E-state index contributed by atoms with van der Waals surface area (Å²) in [6.45, 7) is 4.86. The first kappa shape index (κ1) is 16.2. The Morgan fingerprint density at radius 1 is 1.21 bits per heavy atom. The van der Waals surface area contributed by atoms with Gasteiger partial charge in [0, 0.05) is 30.7 Å². The Morgan fingerprint density at radius 3 is 2.79 bits per heavy atom. The van der Waals surface area contributed by atoms with Crippen molar-refractivity contribution < 1.29 is 4.74 Å². The van der Waals surface area contributed by atoms with E-state index in [1.807, 2.05) is 31.3 Å². The maximum absolute atomic E-state index is 12.7. The highest BCUT2D eigenvalue weighted by Gasteiger charge is 2.12. The number of methoxy groups -OCH3 is 1. The molecule has 0 aliphatic carbocycles. The van der Waals surface area contributed by atoms with Gasteiger partial charge in [0.1, 0.15) is 5.75 Å². The second-order valence-corrected chi connectivity index (χ2v) is 6.00. The largest absolute Gasteiger partial charge is 0.496 e. The Kier molecular flexibility index (Phi) is 4.65. The number of rotatable bonds is 5. The first-order valence-corrected chi connectivity index (χ1v) is 8.28. The number of aromatic nitrogens is 2. The van der Waals surface area contributed by atoms with E-state index in [4.69, 9.17) is 4.74 Å². The van der Waals surface area contributed by atoms with Gasteiger partial charge < -0.3 is 9.30 Å². The second-order valence-electron chi connectivity index (χ2n) is 6.00. The first-order valence-electron chi connectivity index (χ1n) is 8.28. The molecule has 24 heavy (non-hydrogen) atoms. The second kappa shape index (κ2) is 6.87. The molecule has 0 unspecified atom stereocenters. The van der Waals surface area contributed by atoms with Gasteiger partial charge >= 0.3 is 0 Å². The van der Waals surface area contributed by atoms with Crippen molar-refractivity contribution in [1.29, 1.82) is 0 Å². The van der Waals surface area contributed by atoms with Gasteiger partial charge in [-0.25, -0.2) is 0 Å². The van der Waals surface area contributed by atoms with Crippen molar-refractivity contribution in [2.45, 2.75) is 33.2 Å². The molecule has 124 valence electrons. The van der Waals surface area contributed by atoms with Crippen LogP contribution in [0.25, 0.3) is 21.9 Å². The van der Waals surface area contributed by atoms with Crippen LogP contribution in [-0.2, 0) is 6.54 Å². The first-order chi connectivity index (χ1) is 11.7. The van der Waals surface area contributed by atoms with Gasteiger partial charge in [-0.1, -0.05) is 25.5 Å². The van der Waals surface area contributed by atoms with Crippen LogP contribution in [0.5, 0.6) is 5.75 Å². The van der Waals surface area contributed by atoms with Gasteiger partial charge in [0.25, 0.3) is 5.56 Å². The third-order valence-corrected chi connectivity index (χ3v) is 4.36. The van der Waals surface area contributed by atoms with Gasteiger partial charge in [-0.15, -0.1) is 0 Å². The summed E-state index contributed by atoms with van der Waals surface area (Å²) in [4.78, 5) is 16.8. The minimum Gasteiger partial charge on any atom is -0.496 e. The number of benzene rings is 1. The summed E-state index contributed by atoms with van der Waals surface area (Å²) >= 11 is 0. The molecule has 0 spiro atoms. The molecule has 4 heteroatoms. The number of fused-ring (bicyclic) bond motifs is 1. The number of hydrogen-bond acceptors (Lipinski definition) is 3. The minimum atomic E-state index is 0.0226. The zero-order chi connectivity index (χ0) is 17.1. The molecule has 0 saturated heterocycles. The summed E-state index contributed by atoms with van der Waals surface area (Å²) in [6, 6.07) is 8.05. The van der Waals surface area contributed by atoms with Crippen LogP contribution in [0.1, 0.15) is 25.3 Å². The molecule has 2 heterocycles. The van der Waals surface area contributed by atoms with Crippen molar-refractivity contribution in [3.05, 3.63) is 58.8 Å². The summed E-state index contributed by atoms with van der Waals surface area (Å²) in [5, 5.41) is 1.58. The fourth-order valence-electron chi connectivity index (χ4n) is 2.95. The Labute approximate surface area is 141 Å². The topological polar surface area (TPSA) is 44.1 Å². The lowest BCUT2D eigenvalue weighted by atomic mass is 10.00. The molecule has 0 amide bonds. The van der Waals surface area contributed by atoms with E-state index < -0.39 is 0 Å². The lowest BCUT2D eigenvalue weighted by Crippen LogP contribution is -2.20. The molecule has 3 rings (SSSR count). The maximum Gasteiger partial charge on any atom is 0.260 e. The zero-order valence-electron chi connectivity index (χ0n) is 14.4. The zero-order valence-corrected chi connectivity index (χ0v) is 14.4. The molecule has 3 aromatic rings. The van der Waals surface area contributed by atoms with Gasteiger partial charge in [-0.05, 0) is 42.0 Å². The molecular weight excluding hydrogens is 300 g/mol. The summed E-state index contributed by atoms with van der Waals surface area (Å²) in [5.74, 6) is 0.848. The van der Waals surface area contributed by atoms with E-state index in [-0.39, 0.29) is 5.56 Å². The smallest absolute Gasteiger partial charge is 0.260 e. The van der Waals surface area contributed by atoms with Crippen molar-refractivity contribution >= 4 is 10.8 Å². The molecule has 0 bridgehead atoms. The highest BCUT2D eigenvalue weighted by molar-refractivity contribution is 5.95. The third kappa shape index (κ3) is 2.92. The molecule has 0 fully saturated rings. The molecule has 4 nitrogen and oxygen atoms in total. The highest BCUT2D eigenvalue weighted by atomic mass is 16.5. The van der Waals surface area contributed by atoms with Crippen LogP contribution in [0.2, 0.25) is 0 Å². The van der Waals surface area contributed by atoms with Crippen molar-refractivity contribution in [2.24, 2.45) is 0 Å². The number of nitrogens with zero attached hydrogens (tertiary/aromatic N) is 2. The van der Waals surface area contributed by atoms with E-state index in [2.05, 4.69) is 18.0 Å². The fraction of sp³-hybridized carbons (Fsp3) is 0.300. The fourth-order valence-corrected chi connectivity index (χ4v) is 2.95. The minimum absolute atomic E-state index is 0.0226. The van der Waals surface area contributed by atoms with E-state index in [0.29, 0.717) is 5.39 Å². The third-order valence-electron chi connectivity index (χ3n) is 4.36. The quantitative estimate of drug-likeness (QED) is 0.708. The highest BCUT2D eigenvalue weighted by Crippen LogP contribution is 2.30. The number of aryl methyl sites for hydroxylation is 2. The average molecular weight is 322 g/mol. The van der Waals surface area contributed by atoms with Crippen molar-refractivity contribution in [1.82, 2.24) is 9.55 Å². The molecule has 0 atom stereocenters. The van der Waals surface area contributed by atoms with Crippen LogP contribution < -0.4 is 10.3 Å². The summed E-state index contributed by atoms with van der Waals surface area (Å²) in [7, 11) is 1.68. The molecule has 0 saturated carbocycles. The van der Waals surface area contributed by atoms with E-state index >= 15 is 0 Å². The van der Waals surface area contributed by atoms with E-state index in [0.717, 1.165) is 47.2 Å². The molecule has 0 N–H and O–H groups in total. The SMILES string of the molecule is CCCCn1cc(-c2ccc(C)c(OC)c2)c2ccncc2c1=O. The number of ether oxygens (including phenoxy) is 1. The van der Waals surface area contributed by atoms with E-state index in [1.165, 1.54) is 0 Å². The molecule has 0 radical (unpaired) electrons. The van der Waals surface area contributed by atoms with E-state index in [9.17, 15) is 4.79 Å². The summed E-state index contributed by atoms with van der Waals surface area (Å²) in [5.41, 5.74) is 3.18. The number of hydrogen-bond donors (Lipinski definition) is 0. The Morgan fingerprint density at radius 2 is 2.04 bits per heavy atom. The van der Waals surface area contributed by atoms with Crippen LogP contribution in [0.15, 0.2) is 47.7 Å². The Bertz CT molecular complexity index is 929. The van der Waals surface area contributed by atoms with Crippen LogP contribution >= 0.6 is 0 Å². The van der Waals surface area contributed by atoms with E-state index in [1.54, 1.807) is 24.1 Å². The number of pyridine rings is 2. The maximum atomic E-state index is 12.7. The Hall–Kier alpha value is -2.62. The molecular formula is C20H22N2O2. The molecule has 1 aromatic carbocycles. The number of unbranched alkanes of at least 4 members (excludes halogenated alkanes) is 1. The predicted octanol–water partition coefficient (Wildman–Crippen LogP) is 4.18. The lowest BCUT2D eigenvalue weighted by Gasteiger charge is -2.13. The van der Waals surface area contributed by atoms with Crippen molar-refractivity contribution in [3.63, 3.8) is 0 Å². The van der Waals surface area contributed by atoms with Crippen LogP contribution in [0.4, 0.5) is 0 Å². The monoisotopic (exact) mass is 322 g/mol. The standard InChI is InChI=1S/C20H22N2O2/c1-4-5-10-22-13-18(15-7-6-14(2)19(11-15)24-3)16-8-9-21-12-17(16)20(22)23/h6-9,11-13H,4-5,10H2,1-3H3. The van der Waals surface area contributed by atoms with Crippen molar-refractivity contribution in [2.75, 3.05) is 7.11 Å². The van der Waals surface area contributed by atoms with Gasteiger partial charge in [0.05, 0.1) is 12.5 Å². The van der Waals surface area contributed by atoms with Gasteiger partial charge in [0.15, 0.2) is 0 Å². The predicted molar refractivity (Wildman–Crippen MR) is 97.6 cm³/mol. The van der Waals surface area contributed by atoms with Crippen LogP contribution in [-0.4, -0.2) is 16.7 Å². The molecule has 2 aromatic heterocycles. The van der Waals surface area contributed by atoms with Crippen molar-refractivity contribution in [3.8, 4) is 16.9 Å². The molecule has 0 aliphatic heterocycles. The molecule has 0 aliphatic rings. The van der Waals surface area contributed by atoms with Gasteiger partial charge in [-0.3, -0.25) is 9.78 Å². The Balaban J connectivity index is 2.26. The van der Waals surface area contributed by atoms with Gasteiger partial charge in [0.2, 0.25) is 0 Å². The van der Waals surface area contributed by atoms with Crippen LogP contribution in [0, 0.1) is 6.92 Å². The summed E-state index contributed by atoms with van der Waals surface area (Å²) in [6.07, 6.45) is 7.38. The lowest BCUT2D eigenvalue weighted by molar-refractivity contribution is 0.412. The summed E-state index contributed by atoms with van der Waals surface area (Å²) < 4.78 is 7.26. The van der Waals surface area contributed by atoms with Crippen LogP contribution in [0.3, 0.4) is 0 Å². The van der Waals surface area contributed by atoms with Gasteiger partial charge in [-0.2, -0.15) is 0 Å². The average Bonchev–Trinajstić information content (AvgIpc) is 2.62.